The third kappa shape index (κ3) is 3.12. The lowest BCUT2D eigenvalue weighted by molar-refractivity contribution is -0.186. The number of nitrogens with zero attached hydrogens (tertiary/aromatic N) is 1. The quantitative estimate of drug-likeness (QED) is 0.831. The van der Waals surface area contributed by atoms with Crippen molar-refractivity contribution in [1.82, 2.24) is 5.32 Å². The van der Waals surface area contributed by atoms with Crippen molar-refractivity contribution in [3.8, 4) is 6.07 Å². The summed E-state index contributed by atoms with van der Waals surface area (Å²) in [5.74, 6) is -0.742. The van der Waals surface area contributed by atoms with E-state index in [1.165, 1.54) is 0 Å². The van der Waals surface area contributed by atoms with Crippen LogP contribution in [0.4, 0.5) is 13.2 Å². The van der Waals surface area contributed by atoms with Gasteiger partial charge in [-0.05, 0) is 51.0 Å². The van der Waals surface area contributed by atoms with Crippen LogP contribution in [0.25, 0.3) is 0 Å². The molecule has 96 valence electrons. The second-order valence-electron chi connectivity index (χ2n) is 5.35. The third-order valence-corrected chi connectivity index (χ3v) is 3.85. The zero-order valence-corrected chi connectivity index (χ0v) is 9.69. The van der Waals surface area contributed by atoms with E-state index in [1.54, 1.807) is 0 Å². The minimum atomic E-state index is -4.16. The third-order valence-electron chi connectivity index (χ3n) is 3.85. The molecule has 0 aromatic rings. The Morgan fingerprint density at radius 3 is 2.53 bits per heavy atom. The van der Waals surface area contributed by atoms with Crippen LogP contribution in [-0.4, -0.2) is 18.3 Å². The fourth-order valence-electron chi connectivity index (χ4n) is 2.52. The van der Waals surface area contributed by atoms with Crippen molar-refractivity contribution in [3.05, 3.63) is 0 Å². The van der Waals surface area contributed by atoms with Crippen LogP contribution in [-0.2, 0) is 0 Å². The van der Waals surface area contributed by atoms with Gasteiger partial charge in [-0.25, -0.2) is 0 Å². The molecule has 2 unspecified atom stereocenters. The Kier molecular flexibility index (Phi) is 3.35. The Hall–Kier alpha value is -0.760. The van der Waals surface area contributed by atoms with E-state index in [2.05, 4.69) is 11.4 Å². The molecule has 2 rings (SSSR count). The number of alkyl halides is 3. The lowest BCUT2D eigenvalue weighted by Crippen LogP contribution is -2.50. The average Bonchev–Trinajstić information content (AvgIpc) is 3.09. The van der Waals surface area contributed by atoms with Gasteiger partial charge in [-0.15, -0.1) is 0 Å². The molecule has 2 atom stereocenters. The molecular weight excluding hydrogens is 229 g/mol. The molecule has 0 saturated heterocycles. The van der Waals surface area contributed by atoms with Crippen molar-refractivity contribution in [3.63, 3.8) is 0 Å². The van der Waals surface area contributed by atoms with E-state index < -0.39 is 17.6 Å². The van der Waals surface area contributed by atoms with Crippen LogP contribution in [0.1, 0.15) is 38.5 Å². The van der Waals surface area contributed by atoms with Crippen LogP contribution in [0.3, 0.4) is 0 Å². The molecule has 5 heteroatoms. The van der Waals surface area contributed by atoms with E-state index in [1.807, 2.05) is 0 Å². The highest BCUT2D eigenvalue weighted by Gasteiger charge is 2.48. The summed E-state index contributed by atoms with van der Waals surface area (Å²) in [6.07, 6.45) is -0.784. The molecule has 0 amide bonds. The molecule has 0 aromatic carbocycles. The average molecular weight is 246 g/mol. The number of nitrogens with one attached hydrogen (secondary N) is 1. The molecule has 2 saturated carbocycles. The number of hydrogen-bond acceptors (Lipinski definition) is 2. The SMILES string of the molecule is N#CC1(NCC2CC2)CCCC(C(F)(F)F)C1. The van der Waals surface area contributed by atoms with Crippen molar-refractivity contribution >= 4 is 0 Å². The molecule has 0 spiro atoms. The molecule has 0 bridgehead atoms. The lowest BCUT2D eigenvalue weighted by atomic mass is 9.76. The highest BCUT2D eigenvalue weighted by Crippen LogP contribution is 2.42. The van der Waals surface area contributed by atoms with Gasteiger partial charge in [-0.3, -0.25) is 5.32 Å². The van der Waals surface area contributed by atoms with Crippen molar-refractivity contribution in [1.29, 1.82) is 5.26 Å². The molecule has 0 heterocycles. The summed E-state index contributed by atoms with van der Waals surface area (Å²) < 4.78 is 38.1. The summed E-state index contributed by atoms with van der Waals surface area (Å²) >= 11 is 0. The van der Waals surface area contributed by atoms with Gasteiger partial charge in [-0.1, -0.05) is 0 Å². The van der Waals surface area contributed by atoms with Crippen LogP contribution in [0.2, 0.25) is 0 Å². The van der Waals surface area contributed by atoms with Crippen LogP contribution < -0.4 is 5.32 Å². The standard InChI is InChI=1S/C12H17F3N2/c13-12(14,15)10-2-1-5-11(6-10,8-16)17-7-9-3-4-9/h9-10,17H,1-7H2. The summed E-state index contributed by atoms with van der Waals surface area (Å²) in [6.45, 7) is 0.693. The number of nitriles is 1. The molecule has 17 heavy (non-hydrogen) atoms. The van der Waals surface area contributed by atoms with Crippen molar-refractivity contribution in [2.24, 2.45) is 11.8 Å². The predicted molar refractivity (Wildman–Crippen MR) is 57.1 cm³/mol. The fourth-order valence-corrected chi connectivity index (χ4v) is 2.52. The summed E-state index contributed by atoms with van der Waals surface area (Å²) in [4.78, 5) is 0. The topological polar surface area (TPSA) is 35.8 Å². The Morgan fingerprint density at radius 2 is 2.00 bits per heavy atom. The van der Waals surface area contributed by atoms with E-state index in [9.17, 15) is 18.4 Å². The van der Waals surface area contributed by atoms with Crippen LogP contribution in [0, 0.1) is 23.2 Å². The Morgan fingerprint density at radius 1 is 1.29 bits per heavy atom. The zero-order valence-electron chi connectivity index (χ0n) is 9.69. The maximum absolute atomic E-state index is 12.7. The molecule has 0 aliphatic heterocycles. The minimum Gasteiger partial charge on any atom is -0.299 e. The smallest absolute Gasteiger partial charge is 0.299 e. The molecule has 2 aliphatic carbocycles. The molecule has 2 nitrogen and oxygen atoms in total. The Bertz CT molecular complexity index is 317. The molecule has 2 fully saturated rings. The van der Waals surface area contributed by atoms with E-state index in [4.69, 9.17) is 0 Å². The molecule has 0 radical (unpaired) electrons. The van der Waals surface area contributed by atoms with Gasteiger partial charge >= 0.3 is 6.18 Å². The van der Waals surface area contributed by atoms with E-state index in [0.717, 1.165) is 12.8 Å². The highest BCUT2D eigenvalue weighted by molar-refractivity contribution is 5.10. The maximum atomic E-state index is 12.7. The first kappa shape index (κ1) is 12.7. The first-order valence-corrected chi connectivity index (χ1v) is 6.18. The first-order chi connectivity index (χ1) is 7.95. The van der Waals surface area contributed by atoms with E-state index in [-0.39, 0.29) is 12.8 Å². The van der Waals surface area contributed by atoms with Gasteiger partial charge in [0.05, 0.1) is 12.0 Å². The minimum absolute atomic E-state index is 0.0836. The van der Waals surface area contributed by atoms with Gasteiger partial charge in [0.1, 0.15) is 5.54 Å². The molecule has 1 N–H and O–H groups in total. The lowest BCUT2D eigenvalue weighted by Gasteiger charge is -2.37. The van der Waals surface area contributed by atoms with Crippen molar-refractivity contribution < 1.29 is 13.2 Å². The zero-order chi connectivity index (χ0) is 12.5. The van der Waals surface area contributed by atoms with E-state index >= 15 is 0 Å². The molecule has 0 aromatic heterocycles. The van der Waals surface area contributed by atoms with Gasteiger partial charge in [0.15, 0.2) is 0 Å². The predicted octanol–water partition coefficient (Wildman–Crippen LogP) is 3.00. The summed E-state index contributed by atoms with van der Waals surface area (Å²) in [6, 6.07) is 2.09. The van der Waals surface area contributed by atoms with Crippen molar-refractivity contribution in [2.45, 2.75) is 50.2 Å². The van der Waals surface area contributed by atoms with Crippen LogP contribution in [0.5, 0.6) is 0 Å². The van der Waals surface area contributed by atoms with Gasteiger partial charge < -0.3 is 0 Å². The van der Waals surface area contributed by atoms with Crippen LogP contribution >= 0.6 is 0 Å². The summed E-state index contributed by atoms with van der Waals surface area (Å²) in [5, 5.41) is 12.3. The first-order valence-electron chi connectivity index (χ1n) is 6.18. The Balaban J connectivity index is 1.98. The maximum Gasteiger partial charge on any atom is 0.391 e. The number of rotatable bonds is 3. The largest absolute Gasteiger partial charge is 0.391 e. The van der Waals surface area contributed by atoms with Crippen LogP contribution in [0.15, 0.2) is 0 Å². The van der Waals surface area contributed by atoms with Gasteiger partial charge in [0, 0.05) is 0 Å². The Labute approximate surface area is 99.2 Å². The second kappa shape index (κ2) is 4.49. The van der Waals surface area contributed by atoms with Gasteiger partial charge in [-0.2, -0.15) is 18.4 Å². The van der Waals surface area contributed by atoms with Gasteiger partial charge in [0.25, 0.3) is 0 Å². The number of hydrogen-bond donors (Lipinski definition) is 1. The van der Waals surface area contributed by atoms with Gasteiger partial charge in [0.2, 0.25) is 0 Å². The van der Waals surface area contributed by atoms with Crippen molar-refractivity contribution in [2.75, 3.05) is 6.54 Å². The molecular formula is C12H17F3N2. The second-order valence-corrected chi connectivity index (χ2v) is 5.35. The highest BCUT2D eigenvalue weighted by atomic mass is 19.4. The fraction of sp³-hybridized carbons (Fsp3) is 0.917. The summed E-state index contributed by atoms with van der Waals surface area (Å²) in [7, 11) is 0. The summed E-state index contributed by atoms with van der Waals surface area (Å²) in [5.41, 5.74) is -0.943. The normalized spacial score (nSPS) is 34.4. The van der Waals surface area contributed by atoms with E-state index in [0.29, 0.717) is 25.3 Å². The number of halogens is 3. The molecule has 2 aliphatic rings. The monoisotopic (exact) mass is 246 g/mol.